The predicted molar refractivity (Wildman–Crippen MR) is 54.6 cm³/mol. The summed E-state index contributed by atoms with van der Waals surface area (Å²) < 4.78 is 0. The number of hydrogen-bond acceptors (Lipinski definition) is 3. The highest BCUT2D eigenvalue weighted by Gasteiger charge is 2.36. The molecule has 3 N–H and O–H groups in total. The molecule has 0 aromatic heterocycles. The molecule has 0 rings (SSSR count). The van der Waals surface area contributed by atoms with E-state index in [0.29, 0.717) is 13.0 Å². The molecule has 0 bridgehead atoms. The first-order chi connectivity index (χ1) is 5.70. The van der Waals surface area contributed by atoms with E-state index in [9.17, 15) is 10.2 Å². The fourth-order valence-electron chi connectivity index (χ4n) is 1.07. The van der Waals surface area contributed by atoms with Gasteiger partial charge in [-0.1, -0.05) is 20.8 Å². The van der Waals surface area contributed by atoms with Gasteiger partial charge in [0.2, 0.25) is 0 Å². The fourth-order valence-corrected chi connectivity index (χ4v) is 1.07. The Balaban J connectivity index is 4.17. The van der Waals surface area contributed by atoms with Gasteiger partial charge in [-0.25, -0.2) is 0 Å². The van der Waals surface area contributed by atoms with Crippen LogP contribution in [0.1, 0.15) is 34.1 Å². The second kappa shape index (κ2) is 4.40. The van der Waals surface area contributed by atoms with Crippen LogP contribution in [-0.4, -0.2) is 35.5 Å². The summed E-state index contributed by atoms with van der Waals surface area (Å²) in [5.74, 6) is 0. The molecule has 13 heavy (non-hydrogen) atoms. The Bertz CT molecular complexity index is 149. The largest absolute Gasteiger partial charge is 0.392 e. The molecule has 80 valence electrons. The second-order valence-corrected chi connectivity index (χ2v) is 4.94. The van der Waals surface area contributed by atoms with Gasteiger partial charge in [0.25, 0.3) is 0 Å². The first-order valence-electron chi connectivity index (χ1n) is 4.76. The molecular formula is C10H23NO2. The third kappa shape index (κ3) is 4.07. The van der Waals surface area contributed by atoms with Crippen molar-refractivity contribution in [1.29, 1.82) is 0 Å². The van der Waals surface area contributed by atoms with E-state index >= 15 is 0 Å². The van der Waals surface area contributed by atoms with E-state index < -0.39 is 11.7 Å². The molecule has 0 fully saturated rings. The Kier molecular flexibility index (Phi) is 4.36. The lowest BCUT2D eigenvalue weighted by atomic mass is 9.74. The Labute approximate surface area is 81.2 Å². The minimum absolute atomic E-state index is 0.207. The Hall–Kier alpha value is -0.120. The summed E-state index contributed by atoms with van der Waals surface area (Å²) in [5.41, 5.74) is -1.04. The summed E-state index contributed by atoms with van der Waals surface area (Å²) in [5, 5.41) is 22.5. The van der Waals surface area contributed by atoms with Gasteiger partial charge in [-0.05, 0) is 19.4 Å². The van der Waals surface area contributed by atoms with Gasteiger partial charge in [-0.15, -0.1) is 0 Å². The molecule has 3 nitrogen and oxygen atoms in total. The van der Waals surface area contributed by atoms with E-state index in [1.165, 1.54) is 0 Å². The molecule has 0 heterocycles. The maximum Gasteiger partial charge on any atom is 0.0692 e. The van der Waals surface area contributed by atoms with Gasteiger partial charge < -0.3 is 15.5 Å². The van der Waals surface area contributed by atoms with Gasteiger partial charge in [0.05, 0.1) is 11.7 Å². The van der Waals surface area contributed by atoms with Crippen molar-refractivity contribution < 1.29 is 10.2 Å². The van der Waals surface area contributed by atoms with Crippen molar-refractivity contribution in [3.8, 4) is 0 Å². The zero-order valence-electron chi connectivity index (χ0n) is 9.39. The van der Waals surface area contributed by atoms with Crippen LogP contribution in [-0.2, 0) is 0 Å². The van der Waals surface area contributed by atoms with Crippen LogP contribution < -0.4 is 5.32 Å². The van der Waals surface area contributed by atoms with Crippen LogP contribution in [0, 0.1) is 5.41 Å². The smallest absolute Gasteiger partial charge is 0.0692 e. The quantitative estimate of drug-likeness (QED) is 0.612. The standard InChI is InChI=1S/C10H23NO2/c1-9(2,3)10(4,13)6-8(12)7-11-5/h8,11-13H,6-7H2,1-5H3. The number of rotatable bonds is 4. The highest BCUT2D eigenvalue weighted by Crippen LogP contribution is 2.33. The van der Waals surface area contributed by atoms with Crippen molar-refractivity contribution >= 4 is 0 Å². The molecule has 0 saturated heterocycles. The van der Waals surface area contributed by atoms with Gasteiger partial charge in [0.15, 0.2) is 0 Å². The highest BCUT2D eigenvalue weighted by atomic mass is 16.3. The summed E-state index contributed by atoms with van der Waals surface area (Å²) in [6.45, 7) is 8.20. The van der Waals surface area contributed by atoms with Crippen molar-refractivity contribution in [2.45, 2.75) is 45.8 Å². The molecule has 0 aromatic rings. The van der Waals surface area contributed by atoms with Crippen LogP contribution in [0.25, 0.3) is 0 Å². The van der Waals surface area contributed by atoms with E-state index in [4.69, 9.17) is 0 Å². The van der Waals surface area contributed by atoms with Crippen LogP contribution in [0.15, 0.2) is 0 Å². The highest BCUT2D eigenvalue weighted by molar-refractivity contribution is 4.88. The van der Waals surface area contributed by atoms with Crippen LogP contribution in [0.4, 0.5) is 0 Å². The molecule has 0 amide bonds. The van der Waals surface area contributed by atoms with Gasteiger partial charge in [-0.2, -0.15) is 0 Å². The average Bonchev–Trinajstić information content (AvgIpc) is 1.83. The molecule has 0 spiro atoms. The monoisotopic (exact) mass is 189 g/mol. The SMILES string of the molecule is CNCC(O)CC(C)(O)C(C)(C)C. The van der Waals surface area contributed by atoms with Gasteiger partial charge in [0.1, 0.15) is 0 Å². The maximum atomic E-state index is 10.1. The van der Waals surface area contributed by atoms with Crippen molar-refractivity contribution in [2.75, 3.05) is 13.6 Å². The lowest BCUT2D eigenvalue weighted by Gasteiger charge is -2.38. The topological polar surface area (TPSA) is 52.5 Å². The molecule has 0 radical (unpaired) electrons. The first-order valence-corrected chi connectivity index (χ1v) is 4.76. The Morgan fingerprint density at radius 1 is 1.23 bits per heavy atom. The number of likely N-dealkylation sites (N-methyl/N-ethyl adjacent to an activating group) is 1. The summed E-state index contributed by atoms with van der Waals surface area (Å²) in [6, 6.07) is 0. The van der Waals surface area contributed by atoms with Crippen molar-refractivity contribution in [2.24, 2.45) is 5.41 Å². The molecular weight excluding hydrogens is 166 g/mol. The Morgan fingerprint density at radius 3 is 2.00 bits per heavy atom. The van der Waals surface area contributed by atoms with Crippen LogP contribution in [0.2, 0.25) is 0 Å². The Morgan fingerprint density at radius 2 is 1.69 bits per heavy atom. The molecule has 0 saturated carbocycles. The van der Waals surface area contributed by atoms with Gasteiger partial charge in [0, 0.05) is 13.0 Å². The van der Waals surface area contributed by atoms with E-state index in [-0.39, 0.29) is 5.41 Å². The molecule has 2 unspecified atom stereocenters. The zero-order chi connectivity index (χ0) is 10.7. The van der Waals surface area contributed by atoms with Crippen LogP contribution in [0.3, 0.4) is 0 Å². The second-order valence-electron chi connectivity index (χ2n) is 4.94. The van der Waals surface area contributed by atoms with Crippen LogP contribution >= 0.6 is 0 Å². The lowest BCUT2D eigenvalue weighted by molar-refractivity contribution is -0.0734. The van der Waals surface area contributed by atoms with E-state index in [1.807, 2.05) is 20.8 Å². The summed E-state index contributed by atoms with van der Waals surface area (Å²) in [4.78, 5) is 0. The third-order valence-corrected chi connectivity index (χ3v) is 2.69. The van der Waals surface area contributed by atoms with E-state index in [1.54, 1.807) is 14.0 Å². The normalized spacial score (nSPS) is 19.6. The minimum atomic E-state index is -0.830. The van der Waals surface area contributed by atoms with Crippen molar-refractivity contribution in [3.63, 3.8) is 0 Å². The third-order valence-electron chi connectivity index (χ3n) is 2.69. The van der Waals surface area contributed by atoms with E-state index in [2.05, 4.69) is 5.32 Å². The molecule has 3 heteroatoms. The van der Waals surface area contributed by atoms with Gasteiger partial charge in [-0.3, -0.25) is 0 Å². The average molecular weight is 189 g/mol. The summed E-state index contributed by atoms with van der Waals surface area (Å²) in [7, 11) is 1.79. The maximum absolute atomic E-state index is 10.1. The molecule has 2 atom stereocenters. The fraction of sp³-hybridized carbons (Fsp3) is 1.00. The molecule has 0 aromatic carbocycles. The summed E-state index contributed by atoms with van der Waals surface area (Å²) >= 11 is 0. The number of nitrogens with one attached hydrogen (secondary N) is 1. The number of aliphatic hydroxyl groups is 2. The van der Waals surface area contributed by atoms with Crippen molar-refractivity contribution in [3.05, 3.63) is 0 Å². The summed E-state index contributed by atoms with van der Waals surface area (Å²) in [6.07, 6.45) is -0.0867. The number of hydrogen-bond donors (Lipinski definition) is 3. The molecule has 0 aliphatic rings. The van der Waals surface area contributed by atoms with Crippen molar-refractivity contribution in [1.82, 2.24) is 5.32 Å². The minimum Gasteiger partial charge on any atom is -0.392 e. The number of aliphatic hydroxyl groups excluding tert-OH is 1. The van der Waals surface area contributed by atoms with Gasteiger partial charge >= 0.3 is 0 Å². The molecule has 0 aliphatic heterocycles. The van der Waals surface area contributed by atoms with Crippen LogP contribution in [0.5, 0.6) is 0 Å². The van der Waals surface area contributed by atoms with E-state index in [0.717, 1.165) is 0 Å². The first kappa shape index (κ1) is 12.9. The molecule has 0 aliphatic carbocycles. The lowest BCUT2D eigenvalue weighted by Crippen LogP contribution is -2.44. The zero-order valence-corrected chi connectivity index (χ0v) is 9.39. The predicted octanol–water partition coefficient (Wildman–Crippen LogP) is 0.754.